The number of piperazine rings is 1. The van der Waals surface area contributed by atoms with Crippen molar-refractivity contribution in [3.8, 4) is 5.75 Å². The van der Waals surface area contributed by atoms with Gasteiger partial charge < -0.3 is 4.74 Å². The number of ether oxygens (including phenoxy) is 1. The molecule has 37 heavy (non-hydrogen) atoms. The van der Waals surface area contributed by atoms with E-state index in [-0.39, 0.29) is 29.4 Å². The van der Waals surface area contributed by atoms with Gasteiger partial charge in [-0.2, -0.15) is 13.7 Å². The quantitative estimate of drug-likeness (QED) is 0.342. The second kappa shape index (κ2) is 11.2. The summed E-state index contributed by atoms with van der Waals surface area (Å²) in [7, 11) is -6.49. The smallest absolute Gasteiger partial charge is 0.259 e. The zero-order chi connectivity index (χ0) is 26.5. The Bertz CT molecular complexity index is 1460. The van der Waals surface area contributed by atoms with Gasteiger partial charge in [0.1, 0.15) is 11.8 Å². The molecule has 0 saturated carbocycles. The molecule has 0 aromatic heterocycles. The third-order valence-electron chi connectivity index (χ3n) is 5.83. The highest BCUT2D eigenvalue weighted by molar-refractivity contribution is 7.89. The van der Waals surface area contributed by atoms with Gasteiger partial charge in [-0.1, -0.05) is 36.4 Å². The van der Waals surface area contributed by atoms with Crippen molar-refractivity contribution in [3.05, 3.63) is 90.5 Å². The van der Waals surface area contributed by atoms with Crippen LogP contribution in [0.4, 0.5) is 0 Å². The van der Waals surface area contributed by atoms with E-state index in [0.717, 1.165) is 8.61 Å². The van der Waals surface area contributed by atoms with Gasteiger partial charge in [-0.3, -0.25) is 4.79 Å². The molecule has 4 rings (SSSR count). The van der Waals surface area contributed by atoms with Gasteiger partial charge in [0.25, 0.3) is 5.91 Å². The molecule has 1 aliphatic rings. The van der Waals surface area contributed by atoms with Gasteiger partial charge in [0.2, 0.25) is 20.0 Å². The Hall–Kier alpha value is -3.58. The van der Waals surface area contributed by atoms with E-state index in [1.54, 1.807) is 67.8 Å². The molecule has 194 valence electrons. The number of hydrogen-bond donors (Lipinski definition) is 1. The predicted octanol–water partition coefficient (Wildman–Crippen LogP) is 1.91. The van der Waals surface area contributed by atoms with Crippen LogP contribution in [0.3, 0.4) is 0 Å². The summed E-state index contributed by atoms with van der Waals surface area (Å²) in [6.07, 6.45) is 1.40. The van der Waals surface area contributed by atoms with Crippen molar-refractivity contribution in [2.24, 2.45) is 5.10 Å². The summed E-state index contributed by atoms with van der Waals surface area (Å²) in [5.41, 5.74) is 3.04. The first-order chi connectivity index (χ1) is 17.7. The zero-order valence-corrected chi connectivity index (χ0v) is 21.6. The minimum Gasteiger partial charge on any atom is -0.497 e. The fraction of sp³-hybridized carbons (Fsp3) is 0.200. The van der Waals surface area contributed by atoms with Crippen LogP contribution in [-0.4, -0.2) is 70.4 Å². The number of benzene rings is 3. The largest absolute Gasteiger partial charge is 0.497 e. The number of hydrazone groups is 1. The predicted molar refractivity (Wildman–Crippen MR) is 138 cm³/mol. The number of nitrogens with one attached hydrogen (secondary N) is 1. The van der Waals surface area contributed by atoms with Crippen LogP contribution in [0.2, 0.25) is 0 Å². The molecule has 0 spiro atoms. The summed E-state index contributed by atoms with van der Waals surface area (Å²) >= 11 is 0. The topological polar surface area (TPSA) is 125 Å². The zero-order valence-electron chi connectivity index (χ0n) is 20.0. The summed E-state index contributed by atoms with van der Waals surface area (Å²) in [4.78, 5) is 13.3. The molecule has 12 heteroatoms. The van der Waals surface area contributed by atoms with Crippen LogP contribution in [0.5, 0.6) is 5.75 Å². The number of hydrogen-bond acceptors (Lipinski definition) is 7. The lowest BCUT2D eigenvalue weighted by Crippen LogP contribution is -2.60. The maximum Gasteiger partial charge on any atom is 0.259 e. The van der Waals surface area contributed by atoms with Gasteiger partial charge in [0, 0.05) is 19.6 Å². The molecule has 1 fully saturated rings. The summed E-state index contributed by atoms with van der Waals surface area (Å²) in [6.45, 7) is -0.682. The van der Waals surface area contributed by atoms with E-state index < -0.39 is 32.0 Å². The molecule has 0 bridgehead atoms. The average Bonchev–Trinajstić information content (AvgIpc) is 2.94. The maximum atomic E-state index is 13.4. The number of amides is 1. The van der Waals surface area contributed by atoms with Gasteiger partial charge in [0.05, 0.1) is 23.1 Å². The molecule has 3 aromatic rings. The first-order valence-electron chi connectivity index (χ1n) is 11.3. The molecule has 1 saturated heterocycles. The van der Waals surface area contributed by atoms with Gasteiger partial charge in [-0.15, -0.1) is 0 Å². The van der Waals surface area contributed by atoms with E-state index in [1.807, 2.05) is 0 Å². The maximum absolute atomic E-state index is 13.4. The Kier molecular flexibility index (Phi) is 8.03. The van der Waals surface area contributed by atoms with Crippen LogP contribution in [0.15, 0.2) is 99.8 Å². The normalized spacial score (nSPS) is 17.5. The third-order valence-corrected chi connectivity index (χ3v) is 9.63. The molecule has 1 amide bonds. The molecule has 1 N–H and O–H groups in total. The Morgan fingerprint density at radius 3 is 2.00 bits per heavy atom. The lowest BCUT2D eigenvalue weighted by Gasteiger charge is -2.38. The van der Waals surface area contributed by atoms with Crippen LogP contribution in [0.1, 0.15) is 5.56 Å². The van der Waals surface area contributed by atoms with Crippen molar-refractivity contribution in [1.29, 1.82) is 0 Å². The standard InChI is InChI=1S/C25H26N4O6S2/c1-35-21-14-12-20(13-15-21)18-26-27-25(30)24-19-28(36(31,32)22-8-4-2-5-9-22)16-17-29(24)37(33,34)23-10-6-3-7-11-23/h2-15,18,24H,16-17,19H2,1H3,(H,27,30)/b26-18-/t24-/m0/s1. The number of rotatable bonds is 8. The number of nitrogens with zero attached hydrogens (tertiary/aromatic N) is 3. The molecule has 0 aliphatic carbocycles. The van der Waals surface area contributed by atoms with Crippen molar-refractivity contribution in [2.75, 3.05) is 26.7 Å². The fourth-order valence-corrected chi connectivity index (χ4v) is 6.92. The Labute approximate surface area is 216 Å². The number of methoxy groups -OCH3 is 1. The van der Waals surface area contributed by atoms with Crippen LogP contribution in [-0.2, 0) is 24.8 Å². The molecule has 1 atom stereocenters. The Morgan fingerprint density at radius 1 is 0.865 bits per heavy atom. The minimum absolute atomic E-state index is 0.00824. The van der Waals surface area contributed by atoms with E-state index in [0.29, 0.717) is 11.3 Å². The SMILES string of the molecule is COc1ccc(/C=N\NC(=O)[C@@H]2CN(S(=O)(=O)c3ccccc3)CCN2S(=O)(=O)c2ccccc2)cc1. The highest BCUT2D eigenvalue weighted by Crippen LogP contribution is 2.25. The van der Waals surface area contributed by atoms with Gasteiger partial charge in [-0.05, 0) is 54.1 Å². The number of carbonyl (C=O) groups excluding carboxylic acids is 1. The first kappa shape index (κ1) is 26.5. The lowest BCUT2D eigenvalue weighted by atomic mass is 10.2. The van der Waals surface area contributed by atoms with Crippen LogP contribution in [0, 0.1) is 0 Å². The molecule has 1 heterocycles. The monoisotopic (exact) mass is 542 g/mol. The number of sulfonamides is 2. The fourth-order valence-electron chi connectivity index (χ4n) is 3.87. The summed E-state index contributed by atoms with van der Waals surface area (Å²) < 4.78 is 60.5. The van der Waals surface area contributed by atoms with Crippen molar-refractivity contribution in [3.63, 3.8) is 0 Å². The molecule has 10 nitrogen and oxygen atoms in total. The van der Waals surface area contributed by atoms with Crippen LogP contribution < -0.4 is 10.2 Å². The second-order valence-corrected chi connectivity index (χ2v) is 12.0. The molecular weight excluding hydrogens is 516 g/mol. The minimum atomic E-state index is -4.09. The highest BCUT2D eigenvalue weighted by atomic mass is 32.2. The van der Waals surface area contributed by atoms with Crippen molar-refractivity contribution < 1.29 is 26.4 Å². The third kappa shape index (κ3) is 5.88. The first-order valence-corrected chi connectivity index (χ1v) is 14.2. The van der Waals surface area contributed by atoms with Gasteiger partial charge >= 0.3 is 0 Å². The van der Waals surface area contributed by atoms with Crippen molar-refractivity contribution in [1.82, 2.24) is 14.0 Å². The summed E-state index contributed by atoms with van der Waals surface area (Å²) in [5.74, 6) is -0.0953. The molecular formula is C25H26N4O6S2. The van der Waals surface area contributed by atoms with Crippen LogP contribution in [0.25, 0.3) is 0 Å². The van der Waals surface area contributed by atoms with Crippen molar-refractivity contribution in [2.45, 2.75) is 15.8 Å². The van der Waals surface area contributed by atoms with E-state index in [9.17, 15) is 21.6 Å². The molecule has 1 aliphatic heterocycles. The average molecular weight is 543 g/mol. The van der Waals surface area contributed by atoms with Gasteiger partial charge in [-0.25, -0.2) is 22.3 Å². The second-order valence-electron chi connectivity index (χ2n) is 8.13. The van der Waals surface area contributed by atoms with Gasteiger partial charge in [0.15, 0.2) is 0 Å². The van der Waals surface area contributed by atoms with E-state index in [4.69, 9.17) is 4.74 Å². The van der Waals surface area contributed by atoms with E-state index >= 15 is 0 Å². The van der Waals surface area contributed by atoms with E-state index in [1.165, 1.54) is 30.5 Å². The van der Waals surface area contributed by atoms with E-state index in [2.05, 4.69) is 10.5 Å². The van der Waals surface area contributed by atoms with Crippen molar-refractivity contribution >= 4 is 32.2 Å². The van der Waals surface area contributed by atoms with Crippen LogP contribution >= 0.6 is 0 Å². The Balaban J connectivity index is 1.60. The molecule has 3 aromatic carbocycles. The molecule has 0 radical (unpaired) electrons. The lowest BCUT2D eigenvalue weighted by molar-refractivity contribution is -0.125. The Morgan fingerprint density at radius 2 is 1.43 bits per heavy atom. The summed E-state index contributed by atoms with van der Waals surface area (Å²) in [5, 5.41) is 3.95. The summed E-state index contributed by atoms with van der Waals surface area (Å²) in [6, 6.07) is 21.1. The number of carbonyl (C=O) groups is 1. The highest BCUT2D eigenvalue weighted by Gasteiger charge is 2.43. The molecule has 0 unspecified atom stereocenters.